The molecule has 112 valence electrons. The van der Waals surface area contributed by atoms with Crippen LogP contribution in [0.3, 0.4) is 0 Å². The van der Waals surface area contributed by atoms with E-state index in [2.05, 4.69) is 15.5 Å². The number of halogens is 1. The van der Waals surface area contributed by atoms with Gasteiger partial charge in [0.25, 0.3) is 5.91 Å². The number of ether oxygens (including phenoxy) is 1. The fourth-order valence-corrected chi connectivity index (χ4v) is 2.34. The van der Waals surface area contributed by atoms with Gasteiger partial charge >= 0.3 is 0 Å². The fourth-order valence-electron chi connectivity index (χ4n) is 2.09. The van der Waals surface area contributed by atoms with Crippen LogP contribution in [0.15, 0.2) is 36.5 Å². The zero-order valence-electron chi connectivity index (χ0n) is 12.0. The number of aryl methyl sites for hydroxylation is 1. The second-order valence-corrected chi connectivity index (χ2v) is 5.10. The zero-order chi connectivity index (χ0) is 15.7. The van der Waals surface area contributed by atoms with E-state index in [1.165, 1.54) is 7.11 Å². The van der Waals surface area contributed by atoms with Crippen LogP contribution in [0.4, 0.5) is 5.69 Å². The van der Waals surface area contributed by atoms with Crippen molar-refractivity contribution in [1.29, 1.82) is 0 Å². The Hall–Kier alpha value is -2.60. The minimum atomic E-state index is -0.240. The molecule has 0 unspecified atom stereocenters. The van der Waals surface area contributed by atoms with Gasteiger partial charge in [0.05, 0.1) is 17.7 Å². The summed E-state index contributed by atoms with van der Waals surface area (Å²) in [5.41, 5.74) is 1.79. The van der Waals surface area contributed by atoms with Gasteiger partial charge in [-0.05, 0) is 37.3 Å². The van der Waals surface area contributed by atoms with Crippen molar-refractivity contribution in [3.05, 3.63) is 52.9 Å². The Morgan fingerprint density at radius 1 is 1.27 bits per heavy atom. The molecule has 1 N–H and O–H groups in total. The Morgan fingerprint density at radius 3 is 2.82 bits per heavy atom. The predicted octanol–water partition coefficient (Wildman–Crippen LogP) is 2.95. The summed E-state index contributed by atoms with van der Waals surface area (Å²) in [7, 11) is 1.54. The number of fused-ring (bicyclic) bond motifs is 1. The highest BCUT2D eigenvalue weighted by atomic mass is 35.5. The number of anilines is 1. The van der Waals surface area contributed by atoms with Gasteiger partial charge in [0.1, 0.15) is 11.6 Å². The molecule has 0 aliphatic heterocycles. The number of methoxy groups -OCH3 is 1. The molecule has 6 nitrogen and oxygen atoms in total. The third-order valence-corrected chi connectivity index (χ3v) is 3.54. The number of carbonyl (C=O) groups excluding carboxylic acids is 1. The van der Waals surface area contributed by atoms with E-state index >= 15 is 0 Å². The monoisotopic (exact) mass is 316 g/mol. The smallest absolute Gasteiger partial charge is 0.257 e. The van der Waals surface area contributed by atoms with E-state index in [-0.39, 0.29) is 5.91 Å². The van der Waals surface area contributed by atoms with E-state index in [9.17, 15) is 4.79 Å². The number of benzene rings is 1. The Kier molecular flexibility index (Phi) is 3.68. The highest BCUT2D eigenvalue weighted by molar-refractivity contribution is 6.32. The lowest BCUT2D eigenvalue weighted by atomic mass is 10.2. The summed E-state index contributed by atoms with van der Waals surface area (Å²) in [6.45, 7) is 1.82. The summed E-state index contributed by atoms with van der Waals surface area (Å²) in [5.74, 6) is 1.04. The van der Waals surface area contributed by atoms with Gasteiger partial charge in [-0.2, -0.15) is 0 Å². The van der Waals surface area contributed by atoms with Crippen molar-refractivity contribution >= 4 is 28.8 Å². The maximum absolute atomic E-state index is 12.3. The molecule has 0 atom stereocenters. The number of nitrogens with zero attached hydrogens (tertiary/aromatic N) is 3. The minimum absolute atomic E-state index is 0.240. The number of pyridine rings is 1. The topological polar surface area (TPSA) is 68.5 Å². The first kappa shape index (κ1) is 14.3. The predicted molar refractivity (Wildman–Crippen MR) is 83.7 cm³/mol. The summed E-state index contributed by atoms with van der Waals surface area (Å²) in [6.07, 6.45) is 1.70. The highest BCUT2D eigenvalue weighted by Crippen LogP contribution is 2.27. The average Bonchev–Trinajstić information content (AvgIpc) is 2.88. The normalized spacial score (nSPS) is 10.7. The second-order valence-electron chi connectivity index (χ2n) is 4.70. The molecule has 7 heteroatoms. The number of hydrogen-bond acceptors (Lipinski definition) is 4. The van der Waals surface area contributed by atoms with Crippen molar-refractivity contribution in [2.45, 2.75) is 6.92 Å². The van der Waals surface area contributed by atoms with Crippen molar-refractivity contribution < 1.29 is 9.53 Å². The first-order valence-electron chi connectivity index (χ1n) is 6.55. The summed E-state index contributed by atoms with van der Waals surface area (Å²) in [5, 5.41) is 11.2. The number of aromatic nitrogens is 3. The van der Waals surface area contributed by atoms with Gasteiger partial charge in [-0.25, -0.2) is 0 Å². The molecule has 0 fully saturated rings. The molecular formula is C15H13ClN4O2. The lowest BCUT2D eigenvalue weighted by Crippen LogP contribution is -2.12. The molecule has 0 saturated heterocycles. The van der Waals surface area contributed by atoms with Gasteiger partial charge in [-0.1, -0.05) is 11.6 Å². The third-order valence-electron chi connectivity index (χ3n) is 3.24. The highest BCUT2D eigenvalue weighted by Gasteiger charge is 2.10. The van der Waals surface area contributed by atoms with Crippen molar-refractivity contribution in [2.24, 2.45) is 0 Å². The van der Waals surface area contributed by atoms with Crippen molar-refractivity contribution in [2.75, 3.05) is 12.4 Å². The van der Waals surface area contributed by atoms with Gasteiger partial charge < -0.3 is 10.1 Å². The Labute approximate surface area is 131 Å². The van der Waals surface area contributed by atoms with E-state index < -0.39 is 0 Å². The van der Waals surface area contributed by atoms with Crippen molar-refractivity contribution in [1.82, 2.24) is 14.6 Å². The van der Waals surface area contributed by atoms with Crippen LogP contribution in [0.25, 0.3) is 5.65 Å². The molecule has 0 radical (unpaired) electrons. The lowest BCUT2D eigenvalue weighted by Gasteiger charge is -2.08. The molecule has 0 aliphatic rings. The van der Waals surface area contributed by atoms with Crippen LogP contribution in [-0.4, -0.2) is 27.6 Å². The van der Waals surface area contributed by atoms with Crippen LogP contribution in [-0.2, 0) is 0 Å². The number of hydrogen-bond donors (Lipinski definition) is 1. The van der Waals surface area contributed by atoms with Crippen LogP contribution < -0.4 is 10.1 Å². The van der Waals surface area contributed by atoms with E-state index in [4.69, 9.17) is 16.3 Å². The van der Waals surface area contributed by atoms with Gasteiger partial charge in [0, 0.05) is 11.9 Å². The first-order chi connectivity index (χ1) is 10.6. The van der Waals surface area contributed by atoms with Gasteiger partial charge in [0.2, 0.25) is 0 Å². The number of nitrogens with one attached hydrogen (secondary N) is 1. The molecule has 0 saturated carbocycles. The fraction of sp³-hybridized carbons (Fsp3) is 0.133. The molecular weight excluding hydrogens is 304 g/mol. The van der Waals surface area contributed by atoms with Crippen LogP contribution in [0.2, 0.25) is 5.02 Å². The van der Waals surface area contributed by atoms with E-state index in [0.717, 1.165) is 5.82 Å². The molecule has 1 amide bonds. The molecule has 0 aliphatic carbocycles. The number of amides is 1. The van der Waals surface area contributed by atoms with Gasteiger partial charge in [-0.15, -0.1) is 10.2 Å². The Morgan fingerprint density at radius 2 is 2.09 bits per heavy atom. The quantitative estimate of drug-likeness (QED) is 0.806. The zero-order valence-corrected chi connectivity index (χ0v) is 12.8. The average molecular weight is 317 g/mol. The summed E-state index contributed by atoms with van der Waals surface area (Å²) in [6, 6.07) is 8.51. The maximum Gasteiger partial charge on any atom is 0.257 e. The van der Waals surface area contributed by atoms with Crippen LogP contribution >= 0.6 is 11.6 Å². The SMILES string of the molecule is COc1ccc(NC(=O)c2ccc3nnc(C)n3c2)cc1Cl. The summed E-state index contributed by atoms with van der Waals surface area (Å²) in [4.78, 5) is 12.3. The minimum Gasteiger partial charge on any atom is -0.495 e. The van der Waals surface area contributed by atoms with Crippen molar-refractivity contribution in [3.63, 3.8) is 0 Å². The molecule has 2 aromatic heterocycles. The molecule has 0 spiro atoms. The number of carbonyl (C=O) groups is 1. The van der Waals surface area contributed by atoms with E-state index in [1.54, 1.807) is 40.9 Å². The molecule has 3 rings (SSSR count). The Bertz CT molecular complexity index is 860. The van der Waals surface area contributed by atoms with Crippen LogP contribution in [0.5, 0.6) is 5.75 Å². The molecule has 22 heavy (non-hydrogen) atoms. The largest absolute Gasteiger partial charge is 0.495 e. The first-order valence-corrected chi connectivity index (χ1v) is 6.92. The molecule has 1 aromatic carbocycles. The van der Waals surface area contributed by atoms with Gasteiger partial charge in [-0.3, -0.25) is 9.20 Å². The van der Waals surface area contributed by atoms with Crippen molar-refractivity contribution in [3.8, 4) is 5.75 Å². The Balaban J connectivity index is 1.86. The summed E-state index contributed by atoms with van der Waals surface area (Å²) < 4.78 is 6.84. The molecule has 3 aromatic rings. The second kappa shape index (κ2) is 5.65. The van der Waals surface area contributed by atoms with E-state index in [0.29, 0.717) is 27.7 Å². The third kappa shape index (κ3) is 2.60. The van der Waals surface area contributed by atoms with Gasteiger partial charge in [0.15, 0.2) is 5.65 Å². The standard InChI is InChI=1S/C15H13ClN4O2/c1-9-18-19-14-6-3-10(8-20(9)14)15(21)17-11-4-5-13(22-2)12(16)7-11/h3-8H,1-2H3,(H,17,21). The van der Waals surface area contributed by atoms with E-state index in [1.807, 2.05) is 6.92 Å². The number of rotatable bonds is 3. The summed E-state index contributed by atoms with van der Waals surface area (Å²) >= 11 is 6.05. The van der Waals surface area contributed by atoms with Crippen LogP contribution in [0, 0.1) is 6.92 Å². The molecule has 0 bridgehead atoms. The molecule has 2 heterocycles. The maximum atomic E-state index is 12.3. The van der Waals surface area contributed by atoms with Crippen LogP contribution in [0.1, 0.15) is 16.2 Å². The lowest BCUT2D eigenvalue weighted by molar-refractivity contribution is 0.102.